The Hall–Kier alpha value is -3.61. The van der Waals surface area contributed by atoms with E-state index < -0.39 is 0 Å². The third-order valence-electron chi connectivity index (χ3n) is 6.94. The predicted octanol–water partition coefficient (Wildman–Crippen LogP) is 4.43. The maximum atomic E-state index is 13.1. The fraction of sp³-hybridized carbons (Fsp3) is 0.346. The molecule has 0 unspecified atom stereocenters. The molecule has 4 aromatic rings. The number of benzene rings is 2. The first-order valence-corrected chi connectivity index (χ1v) is 11.9. The first-order chi connectivity index (χ1) is 16.2. The van der Waals surface area contributed by atoms with E-state index in [9.17, 15) is 4.79 Å². The van der Waals surface area contributed by atoms with Crippen molar-refractivity contribution in [2.45, 2.75) is 31.7 Å². The number of para-hydroxylation sites is 1. The van der Waals surface area contributed by atoms with Crippen molar-refractivity contribution in [2.24, 2.45) is 0 Å². The average molecular weight is 441 g/mol. The highest BCUT2D eigenvalue weighted by molar-refractivity contribution is 5.98. The number of nitrogens with zero attached hydrogens (tertiary/aromatic N) is 4. The van der Waals surface area contributed by atoms with Gasteiger partial charge in [-0.2, -0.15) is 4.98 Å². The van der Waals surface area contributed by atoms with Gasteiger partial charge in [0.15, 0.2) is 0 Å². The molecule has 0 atom stereocenters. The van der Waals surface area contributed by atoms with Crippen molar-refractivity contribution >= 4 is 39.5 Å². The van der Waals surface area contributed by atoms with Crippen LogP contribution in [0.25, 0.3) is 21.8 Å². The van der Waals surface area contributed by atoms with Crippen molar-refractivity contribution < 1.29 is 4.79 Å². The number of carbonyl (C=O) groups is 1. The second-order valence-electron chi connectivity index (χ2n) is 9.07. The van der Waals surface area contributed by atoms with E-state index in [1.54, 1.807) is 0 Å². The molecule has 33 heavy (non-hydrogen) atoms. The molecule has 0 radical (unpaired) electrons. The molecule has 3 heterocycles. The summed E-state index contributed by atoms with van der Waals surface area (Å²) >= 11 is 0. The number of aromatic amines is 1. The standard InChI is InChI=1S/C26H28N6O/c33-25(19-10-9-18-11-12-27-23(18)17-19)31-13-15-32(16-14-31)26-29-22-8-4-3-7-21(22)24(30-26)28-20-5-1-2-6-20/h3-4,7-12,17,20,27H,1-2,5-6,13-16H2,(H,28,29,30). The summed E-state index contributed by atoms with van der Waals surface area (Å²) < 4.78 is 0. The number of piperazine rings is 1. The van der Waals surface area contributed by atoms with Crippen LogP contribution in [-0.2, 0) is 0 Å². The minimum absolute atomic E-state index is 0.0779. The van der Waals surface area contributed by atoms with Crippen LogP contribution in [0, 0.1) is 0 Å². The molecule has 6 rings (SSSR count). The molecule has 1 saturated carbocycles. The first-order valence-electron chi connectivity index (χ1n) is 11.9. The normalized spacial score (nSPS) is 17.2. The van der Waals surface area contributed by atoms with E-state index in [-0.39, 0.29) is 5.91 Å². The molecule has 1 saturated heterocycles. The second kappa shape index (κ2) is 8.39. The summed E-state index contributed by atoms with van der Waals surface area (Å²) in [5, 5.41) is 5.87. The molecule has 2 N–H and O–H groups in total. The zero-order chi connectivity index (χ0) is 22.2. The van der Waals surface area contributed by atoms with Crippen LogP contribution in [0.5, 0.6) is 0 Å². The second-order valence-corrected chi connectivity index (χ2v) is 9.07. The van der Waals surface area contributed by atoms with Gasteiger partial charge in [0, 0.05) is 54.9 Å². The summed E-state index contributed by atoms with van der Waals surface area (Å²) in [5.41, 5.74) is 2.68. The molecule has 0 bridgehead atoms. The van der Waals surface area contributed by atoms with E-state index in [0.717, 1.165) is 52.2 Å². The number of carbonyl (C=O) groups excluding carboxylic acids is 1. The molecule has 7 heteroatoms. The number of rotatable bonds is 4. The van der Waals surface area contributed by atoms with Gasteiger partial charge in [-0.05, 0) is 48.6 Å². The Labute approximate surface area is 192 Å². The lowest BCUT2D eigenvalue weighted by Gasteiger charge is -2.35. The lowest BCUT2D eigenvalue weighted by molar-refractivity contribution is 0.0746. The van der Waals surface area contributed by atoms with Crippen LogP contribution in [0.1, 0.15) is 36.0 Å². The predicted molar refractivity (Wildman–Crippen MR) is 132 cm³/mol. The quantitative estimate of drug-likeness (QED) is 0.491. The molecule has 2 fully saturated rings. The van der Waals surface area contributed by atoms with Crippen LogP contribution in [0.15, 0.2) is 54.7 Å². The van der Waals surface area contributed by atoms with Crippen LogP contribution in [0.3, 0.4) is 0 Å². The molecule has 168 valence electrons. The Morgan fingerprint density at radius 3 is 2.64 bits per heavy atom. The van der Waals surface area contributed by atoms with E-state index in [2.05, 4.69) is 27.3 Å². The minimum atomic E-state index is 0.0779. The van der Waals surface area contributed by atoms with Gasteiger partial charge in [-0.1, -0.05) is 31.0 Å². The fourth-order valence-corrected chi connectivity index (χ4v) is 5.05. The third-order valence-corrected chi connectivity index (χ3v) is 6.94. The van der Waals surface area contributed by atoms with Gasteiger partial charge >= 0.3 is 0 Å². The minimum Gasteiger partial charge on any atom is -0.367 e. The van der Waals surface area contributed by atoms with Gasteiger partial charge in [0.2, 0.25) is 5.95 Å². The van der Waals surface area contributed by atoms with Gasteiger partial charge in [-0.3, -0.25) is 4.79 Å². The van der Waals surface area contributed by atoms with Crippen molar-refractivity contribution in [3.63, 3.8) is 0 Å². The molecule has 2 aliphatic rings. The SMILES string of the molecule is O=C(c1ccc2cc[nH]c2c1)N1CCN(c2nc(NC3CCCC3)c3ccccc3n2)CC1. The summed E-state index contributed by atoms with van der Waals surface area (Å²) in [6, 6.07) is 16.6. The van der Waals surface area contributed by atoms with E-state index in [4.69, 9.17) is 9.97 Å². The first kappa shape index (κ1) is 20.0. The number of anilines is 2. The zero-order valence-corrected chi connectivity index (χ0v) is 18.6. The van der Waals surface area contributed by atoms with Gasteiger partial charge in [0.05, 0.1) is 5.52 Å². The summed E-state index contributed by atoms with van der Waals surface area (Å²) in [6.07, 6.45) is 6.85. The van der Waals surface area contributed by atoms with E-state index in [0.29, 0.717) is 19.1 Å². The van der Waals surface area contributed by atoms with Crippen molar-refractivity contribution in [1.82, 2.24) is 19.9 Å². The Kier molecular flexibility index (Phi) is 5.09. The number of H-pyrrole nitrogens is 1. The molecular formula is C26H28N6O. The Morgan fingerprint density at radius 2 is 1.79 bits per heavy atom. The lowest BCUT2D eigenvalue weighted by Crippen LogP contribution is -2.49. The number of fused-ring (bicyclic) bond motifs is 2. The van der Waals surface area contributed by atoms with E-state index in [1.807, 2.05) is 47.5 Å². The number of amides is 1. The molecule has 2 aromatic heterocycles. The monoisotopic (exact) mass is 440 g/mol. The molecule has 0 spiro atoms. The molecule has 1 amide bonds. The van der Waals surface area contributed by atoms with E-state index in [1.165, 1.54) is 25.7 Å². The third kappa shape index (κ3) is 3.88. The molecular weight excluding hydrogens is 412 g/mol. The van der Waals surface area contributed by atoms with E-state index >= 15 is 0 Å². The molecule has 1 aliphatic carbocycles. The number of aromatic nitrogens is 3. The maximum Gasteiger partial charge on any atom is 0.254 e. The van der Waals surface area contributed by atoms with Crippen LogP contribution < -0.4 is 10.2 Å². The van der Waals surface area contributed by atoms with Crippen molar-refractivity contribution in [1.29, 1.82) is 0 Å². The maximum absolute atomic E-state index is 13.1. The highest BCUT2D eigenvalue weighted by Gasteiger charge is 2.25. The summed E-state index contributed by atoms with van der Waals surface area (Å²) in [7, 11) is 0. The van der Waals surface area contributed by atoms with Crippen molar-refractivity contribution in [3.8, 4) is 0 Å². The Bertz CT molecular complexity index is 1300. The number of hydrogen-bond acceptors (Lipinski definition) is 5. The highest BCUT2D eigenvalue weighted by atomic mass is 16.2. The van der Waals surface area contributed by atoms with Crippen LogP contribution in [-0.4, -0.2) is 58.0 Å². The lowest BCUT2D eigenvalue weighted by atomic mass is 10.1. The molecule has 7 nitrogen and oxygen atoms in total. The van der Waals surface area contributed by atoms with Crippen LogP contribution in [0.2, 0.25) is 0 Å². The highest BCUT2D eigenvalue weighted by Crippen LogP contribution is 2.28. The van der Waals surface area contributed by atoms with Gasteiger partial charge < -0.3 is 20.1 Å². The largest absolute Gasteiger partial charge is 0.367 e. The number of hydrogen-bond donors (Lipinski definition) is 2. The summed E-state index contributed by atoms with van der Waals surface area (Å²) in [4.78, 5) is 30.2. The summed E-state index contributed by atoms with van der Waals surface area (Å²) in [5.74, 6) is 1.75. The van der Waals surface area contributed by atoms with Gasteiger partial charge in [0.25, 0.3) is 5.91 Å². The summed E-state index contributed by atoms with van der Waals surface area (Å²) in [6.45, 7) is 2.75. The Morgan fingerprint density at radius 1 is 0.970 bits per heavy atom. The van der Waals surface area contributed by atoms with Gasteiger partial charge in [-0.15, -0.1) is 0 Å². The van der Waals surface area contributed by atoms with Gasteiger partial charge in [-0.25, -0.2) is 4.98 Å². The molecule has 2 aromatic carbocycles. The number of nitrogens with one attached hydrogen (secondary N) is 2. The smallest absolute Gasteiger partial charge is 0.254 e. The van der Waals surface area contributed by atoms with Crippen molar-refractivity contribution in [2.75, 3.05) is 36.4 Å². The zero-order valence-electron chi connectivity index (χ0n) is 18.6. The van der Waals surface area contributed by atoms with Crippen LogP contribution >= 0.6 is 0 Å². The van der Waals surface area contributed by atoms with Gasteiger partial charge in [0.1, 0.15) is 5.82 Å². The topological polar surface area (TPSA) is 77.2 Å². The molecule has 1 aliphatic heterocycles. The van der Waals surface area contributed by atoms with Crippen molar-refractivity contribution in [3.05, 3.63) is 60.3 Å². The fourth-order valence-electron chi connectivity index (χ4n) is 5.05. The average Bonchev–Trinajstić information content (AvgIpc) is 3.55. The van der Waals surface area contributed by atoms with Crippen LogP contribution in [0.4, 0.5) is 11.8 Å². The Balaban J connectivity index is 1.20.